The molecule has 1 aliphatic heterocycles. The van der Waals surface area contributed by atoms with Crippen molar-refractivity contribution in [2.45, 2.75) is 44.7 Å². The van der Waals surface area contributed by atoms with Gasteiger partial charge in [0, 0.05) is 38.7 Å². The quantitative estimate of drug-likeness (QED) is 0.706. The molecule has 0 radical (unpaired) electrons. The zero-order valence-corrected chi connectivity index (χ0v) is 18.6. The van der Waals surface area contributed by atoms with Crippen molar-refractivity contribution < 1.29 is 22.4 Å². The van der Waals surface area contributed by atoms with Crippen molar-refractivity contribution in [1.29, 1.82) is 0 Å². The normalized spacial score (nSPS) is 15.8. The molecular weight excluding hydrogens is 421 g/mol. The van der Waals surface area contributed by atoms with E-state index in [1.54, 1.807) is 38.1 Å². The number of rotatable bonds is 7. The van der Waals surface area contributed by atoms with Crippen LogP contribution in [0.4, 0.5) is 10.1 Å². The number of fused-ring (bicyclic) bond motifs is 1. The lowest BCUT2D eigenvalue weighted by Crippen LogP contribution is -2.47. The summed E-state index contributed by atoms with van der Waals surface area (Å²) in [6.07, 6.45) is 0.200. The Kier molecular flexibility index (Phi) is 6.76. The molecule has 166 valence electrons. The van der Waals surface area contributed by atoms with Gasteiger partial charge in [-0.15, -0.1) is 0 Å². The minimum Gasteiger partial charge on any atom is -0.350 e. The first kappa shape index (κ1) is 22.9. The van der Waals surface area contributed by atoms with Crippen LogP contribution in [0, 0.1) is 5.82 Å². The Balaban J connectivity index is 1.84. The first-order chi connectivity index (χ1) is 14.7. The molecule has 0 bridgehead atoms. The highest BCUT2D eigenvalue weighted by molar-refractivity contribution is 7.89. The Labute approximate surface area is 181 Å². The Morgan fingerprint density at radius 2 is 1.87 bits per heavy atom. The molecule has 0 fully saturated rings. The van der Waals surface area contributed by atoms with Crippen molar-refractivity contribution in [2.75, 3.05) is 18.0 Å². The van der Waals surface area contributed by atoms with Gasteiger partial charge in [-0.25, -0.2) is 12.8 Å². The highest BCUT2D eigenvalue weighted by atomic mass is 32.2. The van der Waals surface area contributed by atoms with Gasteiger partial charge in [0.1, 0.15) is 11.9 Å². The monoisotopic (exact) mass is 447 g/mol. The maximum absolute atomic E-state index is 13.4. The number of benzene rings is 2. The van der Waals surface area contributed by atoms with Crippen LogP contribution in [0.2, 0.25) is 0 Å². The van der Waals surface area contributed by atoms with E-state index in [9.17, 15) is 22.4 Å². The minimum absolute atomic E-state index is 0.122. The molecule has 1 N–H and O–H groups in total. The number of hydrogen-bond donors (Lipinski definition) is 1. The van der Waals surface area contributed by atoms with E-state index < -0.39 is 21.9 Å². The second kappa shape index (κ2) is 9.15. The first-order valence-corrected chi connectivity index (χ1v) is 11.6. The van der Waals surface area contributed by atoms with E-state index in [1.807, 2.05) is 0 Å². The number of anilines is 1. The highest BCUT2D eigenvalue weighted by Crippen LogP contribution is 2.35. The summed E-state index contributed by atoms with van der Waals surface area (Å²) in [7, 11) is -3.65. The van der Waals surface area contributed by atoms with E-state index in [0.717, 1.165) is 0 Å². The molecule has 1 aliphatic rings. The highest BCUT2D eigenvalue weighted by Gasteiger charge is 2.37. The lowest BCUT2D eigenvalue weighted by Gasteiger charge is -2.23. The van der Waals surface area contributed by atoms with E-state index >= 15 is 0 Å². The fourth-order valence-corrected chi connectivity index (χ4v) is 5.36. The number of carbonyl (C=O) groups excluding carboxylic acids is 2. The smallest absolute Gasteiger partial charge is 0.243 e. The summed E-state index contributed by atoms with van der Waals surface area (Å²) in [6.45, 7) is 5.72. The zero-order chi connectivity index (χ0) is 22.8. The van der Waals surface area contributed by atoms with Crippen molar-refractivity contribution >= 4 is 27.5 Å². The minimum atomic E-state index is -3.65. The molecule has 9 heteroatoms. The number of sulfonamides is 1. The molecule has 31 heavy (non-hydrogen) atoms. The van der Waals surface area contributed by atoms with Crippen LogP contribution in [0.5, 0.6) is 0 Å². The average Bonchev–Trinajstić information content (AvgIpc) is 3.12. The maximum Gasteiger partial charge on any atom is 0.243 e. The van der Waals surface area contributed by atoms with Crippen LogP contribution in [0.1, 0.15) is 31.9 Å². The fraction of sp³-hybridized carbons (Fsp3) is 0.364. The Hall–Kier alpha value is -2.78. The van der Waals surface area contributed by atoms with Crippen molar-refractivity contribution in [2.24, 2.45) is 0 Å². The Morgan fingerprint density at radius 3 is 2.48 bits per heavy atom. The van der Waals surface area contributed by atoms with Crippen molar-refractivity contribution in [1.82, 2.24) is 9.62 Å². The molecule has 2 aromatic carbocycles. The first-order valence-electron chi connectivity index (χ1n) is 10.1. The number of hydrogen-bond acceptors (Lipinski definition) is 4. The molecule has 1 heterocycles. The van der Waals surface area contributed by atoms with Gasteiger partial charge in [-0.3, -0.25) is 14.5 Å². The topological polar surface area (TPSA) is 86.8 Å². The number of carbonyl (C=O) groups is 2. The molecule has 2 aromatic rings. The predicted octanol–water partition coefficient (Wildman–Crippen LogP) is 2.45. The molecule has 0 unspecified atom stereocenters. The number of nitrogens with one attached hydrogen (secondary N) is 1. The van der Waals surface area contributed by atoms with Crippen molar-refractivity contribution in [3.05, 3.63) is 59.4 Å². The van der Waals surface area contributed by atoms with Gasteiger partial charge in [0.2, 0.25) is 21.8 Å². The Morgan fingerprint density at radius 1 is 1.16 bits per heavy atom. The number of amides is 2. The summed E-state index contributed by atoms with van der Waals surface area (Å²) in [5.41, 5.74) is 1.75. The number of nitrogens with zero attached hydrogens (tertiary/aromatic N) is 2. The lowest BCUT2D eigenvalue weighted by atomic mass is 10.1. The van der Waals surface area contributed by atoms with E-state index in [4.69, 9.17) is 0 Å². The largest absolute Gasteiger partial charge is 0.350 e. The lowest BCUT2D eigenvalue weighted by molar-refractivity contribution is -0.125. The van der Waals surface area contributed by atoms with Crippen LogP contribution in [0.3, 0.4) is 0 Å². The fourth-order valence-electron chi connectivity index (χ4n) is 3.85. The molecule has 0 saturated heterocycles. The third-order valence-corrected chi connectivity index (χ3v) is 7.42. The van der Waals surface area contributed by atoms with Gasteiger partial charge in [-0.2, -0.15) is 4.31 Å². The van der Waals surface area contributed by atoms with Crippen LogP contribution >= 0.6 is 0 Å². The van der Waals surface area contributed by atoms with Crippen LogP contribution in [-0.2, 0) is 32.6 Å². The van der Waals surface area contributed by atoms with Crippen LogP contribution in [0.25, 0.3) is 0 Å². The van der Waals surface area contributed by atoms with Gasteiger partial charge in [0.15, 0.2) is 0 Å². The van der Waals surface area contributed by atoms with Crippen LogP contribution < -0.4 is 10.2 Å². The summed E-state index contributed by atoms with van der Waals surface area (Å²) in [4.78, 5) is 26.7. The molecule has 0 saturated carbocycles. The van der Waals surface area contributed by atoms with E-state index in [1.165, 1.54) is 34.3 Å². The second-order valence-electron chi connectivity index (χ2n) is 7.34. The molecule has 0 aliphatic carbocycles. The molecule has 0 aromatic heterocycles. The van der Waals surface area contributed by atoms with E-state index in [0.29, 0.717) is 29.9 Å². The zero-order valence-electron chi connectivity index (χ0n) is 17.8. The SMILES string of the molecule is CCN(CC)S(=O)(=O)c1ccc2c(c1)C[C@H](C(=O)NCc1cccc(F)c1)N2C(C)=O. The van der Waals surface area contributed by atoms with Crippen LogP contribution in [0.15, 0.2) is 47.4 Å². The predicted molar refractivity (Wildman–Crippen MR) is 115 cm³/mol. The summed E-state index contributed by atoms with van der Waals surface area (Å²) in [6, 6.07) is 9.69. The standard InChI is InChI=1S/C22H26FN3O4S/c1-4-25(5-2)31(29,30)19-9-10-20-17(12-19)13-21(26(20)15(3)27)22(28)24-14-16-7-6-8-18(23)11-16/h6-12,21H,4-5,13-14H2,1-3H3,(H,24,28)/t21-/m1/s1. The van der Waals surface area contributed by atoms with Gasteiger partial charge in [0.05, 0.1) is 4.90 Å². The maximum atomic E-state index is 13.4. The summed E-state index contributed by atoms with van der Waals surface area (Å²) >= 11 is 0. The van der Waals surface area contributed by atoms with E-state index in [2.05, 4.69) is 5.32 Å². The van der Waals surface area contributed by atoms with Gasteiger partial charge in [-0.05, 0) is 41.5 Å². The molecular formula is C22H26FN3O4S. The van der Waals surface area contributed by atoms with Gasteiger partial charge >= 0.3 is 0 Å². The molecule has 3 rings (SSSR count). The summed E-state index contributed by atoms with van der Waals surface area (Å²) in [5.74, 6) is -1.10. The van der Waals surface area contributed by atoms with Crippen molar-refractivity contribution in [3.63, 3.8) is 0 Å². The summed E-state index contributed by atoms with van der Waals surface area (Å²) < 4.78 is 40.4. The summed E-state index contributed by atoms with van der Waals surface area (Å²) in [5, 5.41) is 2.74. The van der Waals surface area contributed by atoms with Gasteiger partial charge in [0.25, 0.3) is 0 Å². The number of halogens is 1. The Bertz CT molecular complexity index is 1100. The van der Waals surface area contributed by atoms with E-state index in [-0.39, 0.29) is 29.7 Å². The third kappa shape index (κ3) is 4.62. The third-order valence-electron chi connectivity index (χ3n) is 5.38. The molecule has 7 nitrogen and oxygen atoms in total. The van der Waals surface area contributed by atoms with Gasteiger partial charge in [-0.1, -0.05) is 26.0 Å². The van der Waals surface area contributed by atoms with Crippen LogP contribution in [-0.4, -0.2) is 43.7 Å². The molecule has 1 atom stereocenters. The molecule has 2 amide bonds. The average molecular weight is 448 g/mol. The van der Waals surface area contributed by atoms with Crippen molar-refractivity contribution in [3.8, 4) is 0 Å². The van der Waals surface area contributed by atoms with Gasteiger partial charge < -0.3 is 5.32 Å². The second-order valence-corrected chi connectivity index (χ2v) is 9.27. The molecule has 0 spiro atoms.